The fraction of sp³-hybridized carbons (Fsp3) is 0.462. The number of likely N-dealkylation sites (N-methyl/N-ethyl adjacent to an activating group) is 1. The first kappa shape index (κ1) is 14.5. The third kappa shape index (κ3) is 2.80. The molecule has 0 aliphatic heterocycles. The van der Waals surface area contributed by atoms with Gasteiger partial charge in [0.15, 0.2) is 0 Å². The Morgan fingerprint density at radius 3 is 2.39 bits per heavy atom. The molecule has 1 aromatic rings. The highest BCUT2D eigenvalue weighted by molar-refractivity contribution is 5.75. The summed E-state index contributed by atoms with van der Waals surface area (Å²) in [7, 11) is 3.13. The van der Waals surface area contributed by atoms with Crippen LogP contribution in [0.15, 0.2) is 12.1 Å². The second kappa shape index (κ2) is 5.84. The molecule has 0 spiro atoms. The highest BCUT2D eigenvalue weighted by Gasteiger charge is 2.27. The zero-order valence-electron chi connectivity index (χ0n) is 11.2. The van der Waals surface area contributed by atoms with Gasteiger partial charge in [0, 0.05) is 5.56 Å². The van der Waals surface area contributed by atoms with Crippen molar-refractivity contribution >= 4 is 5.97 Å². The molecular formula is C13H20N2O3. The lowest BCUT2D eigenvalue weighted by Gasteiger charge is -2.22. The van der Waals surface area contributed by atoms with Crippen molar-refractivity contribution in [3.05, 3.63) is 28.8 Å². The van der Waals surface area contributed by atoms with Gasteiger partial charge in [0.25, 0.3) is 0 Å². The summed E-state index contributed by atoms with van der Waals surface area (Å²) < 4.78 is 5.28. The van der Waals surface area contributed by atoms with Crippen molar-refractivity contribution in [3.63, 3.8) is 0 Å². The number of methoxy groups -OCH3 is 1. The van der Waals surface area contributed by atoms with Crippen LogP contribution in [0.4, 0.5) is 0 Å². The van der Waals surface area contributed by atoms with E-state index in [0.717, 1.165) is 11.1 Å². The van der Waals surface area contributed by atoms with Crippen LogP contribution < -0.4 is 15.8 Å². The first-order chi connectivity index (χ1) is 8.42. The van der Waals surface area contributed by atoms with E-state index in [0.29, 0.717) is 11.3 Å². The van der Waals surface area contributed by atoms with E-state index >= 15 is 0 Å². The summed E-state index contributed by atoms with van der Waals surface area (Å²) >= 11 is 0. The predicted octanol–water partition coefficient (Wildman–Crippen LogP) is 0.984. The minimum Gasteiger partial charge on any atom is -0.496 e. The molecule has 0 aliphatic carbocycles. The van der Waals surface area contributed by atoms with E-state index in [-0.39, 0.29) is 0 Å². The number of carbonyl (C=O) groups is 1. The zero-order valence-corrected chi connectivity index (χ0v) is 11.2. The monoisotopic (exact) mass is 252 g/mol. The number of aliphatic carboxylic acids is 1. The third-order valence-electron chi connectivity index (χ3n) is 3.14. The number of aryl methyl sites for hydroxylation is 2. The normalized spacial score (nSPS) is 14.1. The zero-order chi connectivity index (χ0) is 13.9. The van der Waals surface area contributed by atoms with Gasteiger partial charge in [0.05, 0.1) is 13.2 Å². The summed E-state index contributed by atoms with van der Waals surface area (Å²) in [5, 5.41) is 11.8. The Morgan fingerprint density at radius 2 is 1.94 bits per heavy atom. The van der Waals surface area contributed by atoms with Gasteiger partial charge in [-0.05, 0) is 38.1 Å². The molecule has 18 heavy (non-hydrogen) atoms. The molecule has 2 atom stereocenters. The van der Waals surface area contributed by atoms with Crippen LogP contribution >= 0.6 is 0 Å². The summed E-state index contributed by atoms with van der Waals surface area (Å²) in [5.74, 6) is -0.364. The number of hydrogen-bond acceptors (Lipinski definition) is 4. The Morgan fingerprint density at radius 1 is 1.39 bits per heavy atom. The van der Waals surface area contributed by atoms with Gasteiger partial charge >= 0.3 is 5.97 Å². The average molecular weight is 252 g/mol. The summed E-state index contributed by atoms with van der Waals surface area (Å²) in [4.78, 5) is 11.1. The van der Waals surface area contributed by atoms with Crippen molar-refractivity contribution in [1.82, 2.24) is 5.32 Å². The predicted molar refractivity (Wildman–Crippen MR) is 69.9 cm³/mol. The van der Waals surface area contributed by atoms with Crippen molar-refractivity contribution in [2.75, 3.05) is 14.2 Å². The maximum Gasteiger partial charge on any atom is 0.322 e. The van der Waals surface area contributed by atoms with Crippen molar-refractivity contribution < 1.29 is 14.6 Å². The third-order valence-corrected chi connectivity index (χ3v) is 3.14. The second-order valence-electron chi connectivity index (χ2n) is 4.31. The van der Waals surface area contributed by atoms with Crippen LogP contribution in [0.1, 0.15) is 22.7 Å². The molecule has 0 heterocycles. The number of carboxylic acid groups (broad SMARTS) is 1. The fourth-order valence-corrected chi connectivity index (χ4v) is 1.89. The fourth-order valence-electron chi connectivity index (χ4n) is 1.89. The Hall–Kier alpha value is -1.59. The number of ether oxygens (including phenoxy) is 1. The smallest absolute Gasteiger partial charge is 0.322 e. The number of benzene rings is 1. The maximum absolute atomic E-state index is 11.1. The first-order valence-electron chi connectivity index (χ1n) is 5.73. The number of carboxylic acids is 1. The van der Waals surface area contributed by atoms with E-state index in [2.05, 4.69) is 5.32 Å². The molecule has 0 radical (unpaired) electrons. The SMILES string of the molecule is CNC(C(=O)O)C(N)c1cc(C)c(C)cc1OC. The summed E-state index contributed by atoms with van der Waals surface area (Å²) in [6.45, 7) is 3.93. The largest absolute Gasteiger partial charge is 0.496 e. The van der Waals surface area contributed by atoms with E-state index in [4.69, 9.17) is 15.6 Å². The Labute approximate surface area is 107 Å². The van der Waals surface area contributed by atoms with Gasteiger partial charge in [-0.2, -0.15) is 0 Å². The minimum atomic E-state index is -0.981. The van der Waals surface area contributed by atoms with E-state index in [1.807, 2.05) is 26.0 Å². The number of nitrogens with one attached hydrogen (secondary N) is 1. The molecular weight excluding hydrogens is 232 g/mol. The molecule has 0 aliphatic rings. The van der Waals surface area contributed by atoms with Crippen LogP contribution in [0.3, 0.4) is 0 Å². The van der Waals surface area contributed by atoms with Gasteiger partial charge in [-0.25, -0.2) is 0 Å². The topological polar surface area (TPSA) is 84.6 Å². The van der Waals surface area contributed by atoms with Gasteiger partial charge in [0.1, 0.15) is 11.8 Å². The van der Waals surface area contributed by atoms with Crippen LogP contribution in [0.2, 0.25) is 0 Å². The molecule has 0 bridgehead atoms. The van der Waals surface area contributed by atoms with E-state index < -0.39 is 18.1 Å². The van der Waals surface area contributed by atoms with Gasteiger partial charge in [-0.1, -0.05) is 6.07 Å². The number of nitrogens with two attached hydrogens (primary N) is 1. The van der Waals surface area contributed by atoms with E-state index in [1.54, 1.807) is 14.2 Å². The molecule has 5 heteroatoms. The van der Waals surface area contributed by atoms with Crippen LogP contribution in [0.5, 0.6) is 5.75 Å². The Kier molecular flexibility index (Phi) is 4.69. The second-order valence-corrected chi connectivity index (χ2v) is 4.31. The first-order valence-corrected chi connectivity index (χ1v) is 5.73. The maximum atomic E-state index is 11.1. The summed E-state index contributed by atoms with van der Waals surface area (Å²) in [6.07, 6.45) is 0. The molecule has 0 amide bonds. The molecule has 0 fully saturated rings. The molecule has 0 saturated heterocycles. The number of hydrogen-bond donors (Lipinski definition) is 3. The van der Waals surface area contributed by atoms with E-state index in [1.165, 1.54) is 0 Å². The Bertz CT molecular complexity index is 446. The van der Waals surface area contributed by atoms with Crippen LogP contribution in [0, 0.1) is 13.8 Å². The van der Waals surface area contributed by atoms with Crippen molar-refractivity contribution in [2.45, 2.75) is 25.9 Å². The molecule has 0 saturated carbocycles. The highest BCUT2D eigenvalue weighted by atomic mass is 16.5. The molecule has 100 valence electrons. The molecule has 2 unspecified atom stereocenters. The van der Waals surface area contributed by atoms with Crippen molar-refractivity contribution in [2.24, 2.45) is 5.73 Å². The highest BCUT2D eigenvalue weighted by Crippen LogP contribution is 2.29. The summed E-state index contributed by atoms with van der Waals surface area (Å²) in [6, 6.07) is 2.24. The lowest BCUT2D eigenvalue weighted by Crippen LogP contribution is -2.43. The van der Waals surface area contributed by atoms with Gasteiger partial charge < -0.3 is 20.9 Å². The van der Waals surface area contributed by atoms with Gasteiger partial charge in [-0.3, -0.25) is 4.79 Å². The quantitative estimate of drug-likeness (QED) is 0.727. The van der Waals surface area contributed by atoms with Gasteiger partial charge in [0.2, 0.25) is 0 Å². The van der Waals surface area contributed by atoms with Gasteiger partial charge in [-0.15, -0.1) is 0 Å². The van der Waals surface area contributed by atoms with Crippen LogP contribution in [0.25, 0.3) is 0 Å². The lowest BCUT2D eigenvalue weighted by molar-refractivity contribution is -0.139. The standard InChI is InChI=1S/C13H20N2O3/c1-7-5-9(10(18-4)6-8(7)2)11(14)12(15-3)13(16)17/h5-6,11-12,15H,14H2,1-4H3,(H,16,17). The van der Waals surface area contributed by atoms with Crippen molar-refractivity contribution in [3.8, 4) is 5.75 Å². The molecule has 5 nitrogen and oxygen atoms in total. The molecule has 4 N–H and O–H groups in total. The van der Waals surface area contributed by atoms with Crippen LogP contribution in [-0.2, 0) is 4.79 Å². The Balaban J connectivity index is 3.22. The molecule has 0 aromatic heterocycles. The van der Waals surface area contributed by atoms with E-state index in [9.17, 15) is 4.79 Å². The number of rotatable bonds is 5. The molecule has 1 aromatic carbocycles. The van der Waals surface area contributed by atoms with Crippen molar-refractivity contribution in [1.29, 1.82) is 0 Å². The van der Waals surface area contributed by atoms with Crippen LogP contribution in [-0.4, -0.2) is 31.3 Å². The average Bonchev–Trinajstić information content (AvgIpc) is 2.32. The molecule has 1 rings (SSSR count). The summed E-state index contributed by atoms with van der Waals surface area (Å²) in [5.41, 5.74) is 8.86. The lowest BCUT2D eigenvalue weighted by atomic mass is 9.95. The minimum absolute atomic E-state index is 0.618.